The van der Waals surface area contributed by atoms with Crippen LogP contribution in [0.1, 0.15) is 55.4 Å². The van der Waals surface area contributed by atoms with Crippen LogP contribution in [0.25, 0.3) is 5.59 Å². The molecule has 163 valence electrons. The van der Waals surface area contributed by atoms with Gasteiger partial charge in [0, 0.05) is 16.8 Å². The van der Waals surface area contributed by atoms with Gasteiger partial charge in [-0.05, 0) is 77.4 Å². The van der Waals surface area contributed by atoms with Gasteiger partial charge in [-0.25, -0.2) is 6.67 Å². The van der Waals surface area contributed by atoms with E-state index in [-0.39, 0.29) is 16.8 Å². The van der Waals surface area contributed by atoms with Crippen molar-refractivity contribution in [2.75, 3.05) is 13.1 Å². The molecular weight excluding hydrogens is 389 g/mol. The van der Waals surface area contributed by atoms with E-state index in [0.29, 0.717) is 24.2 Å². The van der Waals surface area contributed by atoms with Gasteiger partial charge in [-0.15, -0.1) is 0 Å². The third-order valence-electron chi connectivity index (χ3n) is 4.11. The summed E-state index contributed by atoms with van der Waals surface area (Å²) in [4.78, 5) is 24.2. The van der Waals surface area contributed by atoms with Crippen molar-refractivity contribution >= 4 is 6.79 Å². The van der Waals surface area contributed by atoms with Crippen molar-refractivity contribution in [3.63, 3.8) is 0 Å². The molecule has 0 unspecified atom stereocenters. The fraction of sp³-hybridized carbons (Fsp3) is 0.737. The summed E-state index contributed by atoms with van der Waals surface area (Å²) < 4.78 is 0. The third-order valence-corrected chi connectivity index (χ3v) is 4.11. The molecule has 7 nitrogen and oxygen atoms in total. The van der Waals surface area contributed by atoms with Gasteiger partial charge in [0.2, 0.25) is 0 Å². The molecule has 2 rings (SSSR count). The summed E-state index contributed by atoms with van der Waals surface area (Å²) in [5.41, 5.74) is 5.75. The predicted octanol–water partition coefficient (Wildman–Crippen LogP) is 3.60. The van der Waals surface area contributed by atoms with Crippen LogP contribution in [0.3, 0.4) is 0 Å². The van der Waals surface area contributed by atoms with Gasteiger partial charge in [-0.2, -0.15) is 6.67 Å². The Hall–Kier alpha value is -0.964. The zero-order chi connectivity index (χ0) is 20.9. The molecule has 1 fully saturated rings. The summed E-state index contributed by atoms with van der Waals surface area (Å²) >= 11 is 0. The number of carbonyl (C=O) groups excluding carboxylic acids is 1. The average Bonchev–Trinajstić information content (AvgIpc) is 3.29. The molecular formula is C19H37CoN5O2-4. The first-order valence-electron chi connectivity index (χ1n) is 9.08. The van der Waals surface area contributed by atoms with Crippen LogP contribution in [0.2, 0.25) is 0 Å². The summed E-state index contributed by atoms with van der Waals surface area (Å²) in [6, 6.07) is 2.43. The van der Waals surface area contributed by atoms with Crippen molar-refractivity contribution in [2.24, 2.45) is 0 Å². The van der Waals surface area contributed by atoms with Crippen LogP contribution in [0, 0.1) is 18.2 Å². The second-order valence-electron chi connectivity index (χ2n) is 7.27. The summed E-state index contributed by atoms with van der Waals surface area (Å²) in [5.74, 6) is 0. The monoisotopic (exact) mass is 426 g/mol. The largest absolute Gasteiger partial charge is 0.577 e. The van der Waals surface area contributed by atoms with E-state index in [1.807, 2.05) is 0 Å². The van der Waals surface area contributed by atoms with Gasteiger partial charge in [-0.3, -0.25) is 6.79 Å². The van der Waals surface area contributed by atoms with Crippen molar-refractivity contribution in [2.45, 2.75) is 79.6 Å². The van der Waals surface area contributed by atoms with Gasteiger partial charge in [0.15, 0.2) is 0 Å². The Labute approximate surface area is 177 Å². The van der Waals surface area contributed by atoms with Crippen LogP contribution >= 0.6 is 0 Å². The van der Waals surface area contributed by atoms with E-state index >= 15 is 0 Å². The molecule has 0 aliphatic carbocycles. The first-order valence-corrected chi connectivity index (χ1v) is 9.08. The molecule has 0 saturated carbocycles. The molecule has 0 bridgehead atoms. The second kappa shape index (κ2) is 17.2. The first-order chi connectivity index (χ1) is 12.2. The normalized spacial score (nSPS) is 16.6. The molecule has 27 heavy (non-hydrogen) atoms. The minimum Gasteiger partial charge on any atom is -0.577 e. The van der Waals surface area contributed by atoms with Gasteiger partial charge in [0.05, 0.1) is 0 Å². The molecule has 0 amide bonds. The fourth-order valence-electron chi connectivity index (χ4n) is 2.32. The van der Waals surface area contributed by atoms with Crippen molar-refractivity contribution in [1.82, 2.24) is 19.6 Å². The van der Waals surface area contributed by atoms with Crippen molar-refractivity contribution in [1.29, 1.82) is 0 Å². The minimum atomic E-state index is 0. The molecule has 1 saturated heterocycles. The van der Waals surface area contributed by atoms with Crippen LogP contribution in [0.15, 0.2) is 12.4 Å². The molecule has 0 N–H and O–H groups in total. The average molecular weight is 426 g/mol. The van der Waals surface area contributed by atoms with Gasteiger partial charge in [-0.1, -0.05) is 27.7 Å². The number of nitrogens with zero attached hydrogens (tertiary/aromatic N) is 5. The Balaban J connectivity index is -0.000000349. The summed E-state index contributed by atoms with van der Waals surface area (Å²) in [5, 5.41) is 0. The Kier molecular flexibility index (Phi) is 19.5. The topological polar surface area (TPSA) is 69.4 Å². The Morgan fingerprint density at radius 1 is 0.704 bits per heavy atom. The smallest absolute Gasteiger partial charge is 0 e. The maximum atomic E-state index is 7.75. The Morgan fingerprint density at radius 2 is 1.00 bits per heavy atom. The van der Waals surface area contributed by atoms with Crippen LogP contribution in [0.5, 0.6) is 0 Å². The van der Waals surface area contributed by atoms with Gasteiger partial charge >= 0.3 is 0 Å². The summed E-state index contributed by atoms with van der Waals surface area (Å²) in [6.07, 6.45) is 4.23. The third kappa shape index (κ3) is 12.2. The molecule has 0 aromatic heterocycles. The van der Waals surface area contributed by atoms with E-state index in [2.05, 4.69) is 108 Å². The number of hydrogen-bond acceptors (Lipinski definition) is 6. The van der Waals surface area contributed by atoms with E-state index in [1.54, 1.807) is 0 Å². The van der Waals surface area contributed by atoms with E-state index in [0.717, 1.165) is 0 Å². The number of rotatable bonds is 4. The van der Waals surface area contributed by atoms with Crippen molar-refractivity contribution in [3.05, 3.63) is 36.2 Å². The first kappa shape index (κ1) is 30.8. The molecule has 2 aliphatic rings. The van der Waals surface area contributed by atoms with Crippen molar-refractivity contribution in [3.8, 4) is 0 Å². The van der Waals surface area contributed by atoms with E-state index in [1.165, 1.54) is 13.1 Å². The standard InChI is InChI=1S/C9H19N2.C9H17N2.CHO.Co.NO/c2*1-8(2)10-5-6-11(7-10)9(3)4;1-2;;1-2/h7-9H,5-6H2,1-4H3;5-9H,1-4H3;1H;;/q3*-1;;-1. The molecule has 0 spiro atoms. The van der Waals surface area contributed by atoms with Gasteiger partial charge in [0.25, 0.3) is 0 Å². The van der Waals surface area contributed by atoms with Crippen molar-refractivity contribution < 1.29 is 21.6 Å². The summed E-state index contributed by atoms with van der Waals surface area (Å²) in [7, 11) is 0. The fourth-order valence-corrected chi connectivity index (χ4v) is 2.32. The zero-order valence-corrected chi connectivity index (χ0v) is 19.0. The predicted molar refractivity (Wildman–Crippen MR) is 109 cm³/mol. The van der Waals surface area contributed by atoms with Crippen LogP contribution < -0.4 is 0 Å². The Bertz CT molecular complexity index is 349. The quantitative estimate of drug-likeness (QED) is 0.505. The molecule has 0 aromatic carbocycles. The second-order valence-corrected chi connectivity index (χ2v) is 7.27. The SMILES string of the molecule is CC(C)N1C=CN(C(C)C)[CH-]1.CC(C)N1[CH-]N(C(C)C)CC1.[CH-]=O.[Co].[N-]=O. The summed E-state index contributed by atoms with van der Waals surface area (Å²) in [6.45, 7) is 27.7. The molecule has 1 radical (unpaired) electrons. The van der Waals surface area contributed by atoms with E-state index < -0.39 is 0 Å². The maximum absolute atomic E-state index is 7.75. The molecule has 0 atom stereocenters. The van der Waals surface area contributed by atoms with Crippen LogP contribution in [-0.2, 0) is 21.6 Å². The maximum Gasteiger partial charge on any atom is 0 e. The zero-order valence-electron chi connectivity index (χ0n) is 18.0. The van der Waals surface area contributed by atoms with Crippen LogP contribution in [-0.4, -0.2) is 63.6 Å². The van der Waals surface area contributed by atoms with Gasteiger partial charge < -0.3 is 34.9 Å². The number of nitroso groups, excluding NO2 is 1. The molecule has 2 aliphatic heterocycles. The molecule has 0 aromatic rings. The molecule has 8 heteroatoms. The van der Waals surface area contributed by atoms with E-state index in [4.69, 9.17) is 15.3 Å². The molecule has 2 heterocycles. The van der Waals surface area contributed by atoms with Gasteiger partial charge in [0.1, 0.15) is 0 Å². The van der Waals surface area contributed by atoms with E-state index in [9.17, 15) is 0 Å². The van der Waals surface area contributed by atoms with Crippen LogP contribution in [0.4, 0.5) is 0 Å². The Morgan fingerprint density at radius 3 is 1.15 bits per heavy atom. The number of hydrogen-bond donors (Lipinski definition) is 0. The minimum absolute atomic E-state index is 0.